The Bertz CT molecular complexity index is 481. The Hall–Kier alpha value is -0.291. The summed E-state index contributed by atoms with van der Waals surface area (Å²) in [5.41, 5.74) is 0. The molecular weight excluding hydrogens is 429 g/mol. The van der Waals surface area contributed by atoms with E-state index in [0.717, 1.165) is 31.9 Å². The number of hydrogen-bond donors (Lipinski definition) is 0. The number of hydrogen-bond acceptors (Lipinski definition) is 3. The second-order valence-electron chi connectivity index (χ2n) is 7.88. The minimum absolute atomic E-state index is 0.276. The SMILES string of the molecule is CCC[CH2][Sn]([CH2]CCC)([CH2]CCC)[c]1cccc(OC2CCOCC2)n1. The Balaban J connectivity index is 2.21. The maximum atomic E-state index is 6.25. The Kier molecular flexibility index (Phi) is 10.3. The summed E-state index contributed by atoms with van der Waals surface area (Å²) in [7, 11) is 0. The first-order valence-corrected chi connectivity index (χ1v) is 18.4. The Morgan fingerprint density at radius 1 is 0.962 bits per heavy atom. The van der Waals surface area contributed by atoms with E-state index in [1.165, 1.54) is 55.5 Å². The quantitative estimate of drug-likeness (QED) is 0.369. The van der Waals surface area contributed by atoms with E-state index in [-0.39, 0.29) is 6.10 Å². The molecule has 0 radical (unpaired) electrons. The first-order chi connectivity index (χ1) is 12.7. The van der Waals surface area contributed by atoms with E-state index in [9.17, 15) is 0 Å². The summed E-state index contributed by atoms with van der Waals surface area (Å²) in [4.78, 5) is 5.13. The van der Waals surface area contributed by atoms with Crippen molar-refractivity contribution in [3.05, 3.63) is 18.2 Å². The van der Waals surface area contributed by atoms with Crippen molar-refractivity contribution in [1.82, 2.24) is 4.98 Å². The third-order valence-electron chi connectivity index (χ3n) is 5.75. The number of nitrogens with zero attached hydrogens (tertiary/aromatic N) is 1. The van der Waals surface area contributed by atoms with E-state index in [1.54, 1.807) is 0 Å². The second kappa shape index (κ2) is 12.2. The summed E-state index contributed by atoms with van der Waals surface area (Å²) in [6.07, 6.45) is 10.3. The molecule has 3 nitrogen and oxygen atoms in total. The van der Waals surface area contributed by atoms with E-state index in [0.29, 0.717) is 0 Å². The van der Waals surface area contributed by atoms with Gasteiger partial charge in [-0.2, -0.15) is 0 Å². The topological polar surface area (TPSA) is 31.4 Å². The molecule has 0 atom stereocenters. The van der Waals surface area contributed by atoms with Crippen LogP contribution in [-0.2, 0) is 4.74 Å². The van der Waals surface area contributed by atoms with E-state index in [4.69, 9.17) is 14.5 Å². The van der Waals surface area contributed by atoms with Gasteiger partial charge in [-0.15, -0.1) is 0 Å². The van der Waals surface area contributed by atoms with Crippen molar-refractivity contribution >= 4 is 22.1 Å². The van der Waals surface area contributed by atoms with Crippen LogP contribution in [0.5, 0.6) is 5.88 Å². The van der Waals surface area contributed by atoms with E-state index in [1.807, 2.05) is 0 Å². The van der Waals surface area contributed by atoms with Gasteiger partial charge >= 0.3 is 165 Å². The van der Waals surface area contributed by atoms with Crippen LogP contribution in [0.15, 0.2) is 18.2 Å². The molecule has 0 aliphatic carbocycles. The molecule has 148 valence electrons. The number of ether oxygens (including phenoxy) is 2. The van der Waals surface area contributed by atoms with E-state index in [2.05, 4.69) is 39.0 Å². The molecule has 1 aromatic rings. The molecule has 0 aromatic carbocycles. The van der Waals surface area contributed by atoms with Crippen molar-refractivity contribution in [3.8, 4) is 5.88 Å². The molecule has 2 rings (SSSR count). The van der Waals surface area contributed by atoms with Crippen molar-refractivity contribution in [2.45, 2.75) is 91.6 Å². The second-order valence-corrected chi connectivity index (χ2v) is 20.9. The molecule has 1 aromatic heterocycles. The van der Waals surface area contributed by atoms with Crippen LogP contribution in [0.2, 0.25) is 13.3 Å². The van der Waals surface area contributed by atoms with Crippen molar-refractivity contribution in [3.63, 3.8) is 0 Å². The Morgan fingerprint density at radius 2 is 1.54 bits per heavy atom. The first-order valence-electron chi connectivity index (χ1n) is 11.0. The number of aromatic nitrogens is 1. The van der Waals surface area contributed by atoms with Crippen LogP contribution in [0.1, 0.15) is 72.1 Å². The molecule has 0 saturated carbocycles. The molecule has 2 heterocycles. The molecular formula is C22H39NO2Sn. The van der Waals surface area contributed by atoms with Gasteiger partial charge in [-0.1, -0.05) is 0 Å². The summed E-state index contributed by atoms with van der Waals surface area (Å²) in [5.74, 6) is 0.861. The van der Waals surface area contributed by atoms with Gasteiger partial charge in [-0.25, -0.2) is 0 Å². The van der Waals surface area contributed by atoms with Crippen LogP contribution in [0.3, 0.4) is 0 Å². The Labute approximate surface area is 165 Å². The molecule has 0 amide bonds. The molecule has 1 fully saturated rings. The average Bonchev–Trinajstić information content (AvgIpc) is 2.69. The van der Waals surface area contributed by atoms with Gasteiger partial charge in [0.25, 0.3) is 0 Å². The molecule has 0 N–H and O–H groups in total. The minimum atomic E-state index is -2.45. The normalized spacial score (nSPS) is 16.0. The summed E-state index contributed by atoms with van der Waals surface area (Å²) in [6, 6.07) is 6.61. The summed E-state index contributed by atoms with van der Waals surface area (Å²) in [5, 5.41) is 0. The zero-order valence-electron chi connectivity index (χ0n) is 17.3. The van der Waals surface area contributed by atoms with Crippen LogP contribution in [0.4, 0.5) is 0 Å². The van der Waals surface area contributed by atoms with Crippen LogP contribution in [0, 0.1) is 0 Å². The van der Waals surface area contributed by atoms with Gasteiger partial charge in [0.1, 0.15) is 0 Å². The summed E-state index contributed by atoms with van der Waals surface area (Å²) >= 11 is -2.45. The maximum absolute atomic E-state index is 6.25. The van der Waals surface area contributed by atoms with Crippen molar-refractivity contribution in [2.75, 3.05) is 13.2 Å². The molecule has 26 heavy (non-hydrogen) atoms. The Morgan fingerprint density at radius 3 is 2.08 bits per heavy atom. The molecule has 1 aliphatic heterocycles. The van der Waals surface area contributed by atoms with Gasteiger partial charge in [0.05, 0.1) is 0 Å². The zero-order valence-corrected chi connectivity index (χ0v) is 20.1. The fourth-order valence-corrected chi connectivity index (χ4v) is 19.5. The molecule has 0 bridgehead atoms. The molecule has 1 saturated heterocycles. The van der Waals surface area contributed by atoms with Crippen LogP contribution in [0.25, 0.3) is 0 Å². The fourth-order valence-electron chi connectivity index (χ4n) is 4.05. The summed E-state index contributed by atoms with van der Waals surface area (Å²) < 4.78 is 17.5. The number of unbranched alkanes of at least 4 members (excludes halogenated alkanes) is 3. The molecule has 0 unspecified atom stereocenters. The third-order valence-corrected chi connectivity index (χ3v) is 20.9. The predicted molar refractivity (Wildman–Crippen MR) is 113 cm³/mol. The molecule has 0 spiro atoms. The van der Waals surface area contributed by atoms with Crippen molar-refractivity contribution in [2.24, 2.45) is 0 Å². The van der Waals surface area contributed by atoms with E-state index >= 15 is 0 Å². The standard InChI is InChI=1S/C10H12NO2.3C4H9.Sn/c1-2-6-11-10(3-1)13-9-4-7-12-8-5-9;3*1-3-4-2;/h1-3,9H,4-5,7-8H2;3*1,3-4H2,2H3;. The van der Waals surface area contributed by atoms with Gasteiger partial charge in [0, 0.05) is 0 Å². The van der Waals surface area contributed by atoms with Gasteiger partial charge in [0.2, 0.25) is 0 Å². The van der Waals surface area contributed by atoms with Crippen molar-refractivity contribution < 1.29 is 9.47 Å². The zero-order chi connectivity index (χ0) is 18.7. The third kappa shape index (κ3) is 6.70. The van der Waals surface area contributed by atoms with Crippen LogP contribution >= 0.6 is 0 Å². The predicted octanol–water partition coefficient (Wildman–Crippen LogP) is 5.70. The van der Waals surface area contributed by atoms with Gasteiger partial charge in [-0.05, 0) is 0 Å². The molecule has 1 aliphatic rings. The first kappa shape index (κ1) is 22.0. The monoisotopic (exact) mass is 469 g/mol. The summed E-state index contributed by atoms with van der Waals surface area (Å²) in [6.45, 7) is 8.62. The number of rotatable bonds is 12. The average molecular weight is 468 g/mol. The van der Waals surface area contributed by atoms with Gasteiger partial charge in [-0.3, -0.25) is 0 Å². The van der Waals surface area contributed by atoms with Gasteiger partial charge < -0.3 is 0 Å². The molecule has 4 heteroatoms. The fraction of sp³-hybridized carbons (Fsp3) is 0.773. The van der Waals surface area contributed by atoms with Crippen molar-refractivity contribution in [1.29, 1.82) is 0 Å². The number of pyridine rings is 1. The van der Waals surface area contributed by atoms with Crippen LogP contribution in [-0.4, -0.2) is 42.7 Å². The van der Waals surface area contributed by atoms with Gasteiger partial charge in [0.15, 0.2) is 0 Å². The van der Waals surface area contributed by atoms with E-state index < -0.39 is 18.4 Å². The van der Waals surface area contributed by atoms with Crippen LogP contribution < -0.4 is 8.45 Å².